The minimum Gasteiger partial charge on any atom is -0.469 e. The van der Waals surface area contributed by atoms with Gasteiger partial charge in [-0.15, -0.1) is 0 Å². The largest absolute Gasteiger partial charge is 0.469 e. The Balaban J connectivity index is 1.80. The third-order valence-electron chi connectivity index (χ3n) is 10.2. The standard InChI is InChI=1S/C37H46N4O6/c1-9-22-15-23-16-27-20(4)25(11-13-32(42)45-6)35(40-27)26(12-14-33(43)46-7)36-34(37(44)47-8)21(5)29(41-36)18-31-24(10-2)19(3)28(39-31)17-30(22)38-23/h9,15,17-18,20,23,25-26,35,39,41H,1,10-14,16H2,2-8H3/b28-17-,31-18-. The molecule has 47 heavy (non-hydrogen) atoms. The van der Waals surface area contributed by atoms with E-state index in [9.17, 15) is 14.4 Å². The smallest absolute Gasteiger partial charge is 0.339 e. The Labute approximate surface area is 275 Å². The SMILES string of the molecule is C=CC1=CC2CC3=NC(C(CCC(=O)OC)c4[nH]c(c(C)c4C(=O)OC)/C=c4\[nH]/c(c(C)c4CC)=C\C1=N2)C(CCC(=O)OC)C3C. The summed E-state index contributed by atoms with van der Waals surface area (Å²) in [6.45, 7) is 12.3. The molecule has 5 rings (SSSR count). The van der Waals surface area contributed by atoms with Crippen molar-refractivity contribution in [1.29, 1.82) is 0 Å². The molecule has 5 unspecified atom stereocenters. The van der Waals surface area contributed by atoms with E-state index in [-0.39, 0.29) is 54.6 Å². The van der Waals surface area contributed by atoms with Gasteiger partial charge in [0, 0.05) is 53.0 Å². The number of nitrogens with one attached hydrogen (secondary N) is 2. The van der Waals surface area contributed by atoms with Gasteiger partial charge in [0.15, 0.2) is 0 Å². The summed E-state index contributed by atoms with van der Waals surface area (Å²) in [5, 5.41) is 1.90. The van der Waals surface area contributed by atoms with Crippen LogP contribution in [-0.4, -0.2) is 72.7 Å². The van der Waals surface area contributed by atoms with Crippen LogP contribution in [0.2, 0.25) is 0 Å². The predicted octanol–water partition coefficient (Wildman–Crippen LogP) is 4.32. The number of ether oxygens (including phenoxy) is 3. The van der Waals surface area contributed by atoms with Gasteiger partial charge in [0.05, 0.1) is 44.7 Å². The number of hydrogen-bond acceptors (Lipinski definition) is 8. The van der Waals surface area contributed by atoms with Gasteiger partial charge in [0.2, 0.25) is 0 Å². The minimum absolute atomic E-state index is 0.0216. The topological polar surface area (TPSA) is 135 Å². The number of H-pyrrole nitrogens is 2. The first kappa shape index (κ1) is 33.9. The second-order valence-electron chi connectivity index (χ2n) is 12.7. The molecule has 10 heteroatoms. The molecule has 0 aromatic carbocycles. The Morgan fingerprint density at radius 1 is 0.957 bits per heavy atom. The number of allylic oxidation sites excluding steroid dienone is 2. The molecule has 2 aromatic heterocycles. The van der Waals surface area contributed by atoms with Crippen LogP contribution in [0.15, 0.2) is 34.3 Å². The molecule has 5 atom stereocenters. The Morgan fingerprint density at radius 2 is 1.66 bits per heavy atom. The van der Waals surface area contributed by atoms with Gasteiger partial charge in [0.25, 0.3) is 0 Å². The van der Waals surface area contributed by atoms with Crippen molar-refractivity contribution in [3.8, 4) is 0 Å². The number of nitrogens with zero attached hydrogens (tertiary/aromatic N) is 2. The van der Waals surface area contributed by atoms with Gasteiger partial charge in [0.1, 0.15) is 0 Å². The van der Waals surface area contributed by atoms with E-state index >= 15 is 0 Å². The molecule has 2 N–H and O–H groups in total. The third kappa shape index (κ3) is 6.55. The molecular formula is C37H46N4O6. The molecule has 5 heterocycles. The van der Waals surface area contributed by atoms with Gasteiger partial charge in [-0.1, -0.05) is 32.6 Å². The first-order chi connectivity index (χ1) is 22.5. The highest BCUT2D eigenvalue weighted by Crippen LogP contribution is 2.44. The van der Waals surface area contributed by atoms with Crippen molar-refractivity contribution in [2.24, 2.45) is 21.8 Å². The van der Waals surface area contributed by atoms with Crippen molar-refractivity contribution in [2.45, 2.75) is 84.2 Å². The highest BCUT2D eigenvalue weighted by molar-refractivity contribution is 6.23. The number of methoxy groups -OCH3 is 3. The molecule has 0 aliphatic carbocycles. The van der Waals surface area contributed by atoms with E-state index in [1.165, 1.54) is 26.9 Å². The van der Waals surface area contributed by atoms with Gasteiger partial charge >= 0.3 is 17.9 Å². The zero-order valence-electron chi connectivity index (χ0n) is 28.5. The molecule has 8 bridgehead atoms. The summed E-state index contributed by atoms with van der Waals surface area (Å²) in [7, 11) is 4.14. The predicted molar refractivity (Wildman–Crippen MR) is 182 cm³/mol. The number of esters is 3. The van der Waals surface area contributed by atoms with E-state index in [1.54, 1.807) is 0 Å². The fraction of sp³-hybridized carbons (Fsp3) is 0.486. The number of aromatic nitrogens is 2. The molecule has 0 radical (unpaired) electrons. The highest BCUT2D eigenvalue weighted by atomic mass is 16.5. The minimum atomic E-state index is -0.460. The van der Waals surface area contributed by atoms with Crippen molar-refractivity contribution in [3.05, 3.63) is 68.6 Å². The second kappa shape index (κ2) is 14.1. The third-order valence-corrected chi connectivity index (χ3v) is 10.2. The van der Waals surface area contributed by atoms with E-state index in [2.05, 4.69) is 49.5 Å². The molecule has 250 valence electrons. The van der Waals surface area contributed by atoms with Crippen LogP contribution in [0.4, 0.5) is 0 Å². The van der Waals surface area contributed by atoms with Crippen molar-refractivity contribution >= 4 is 41.5 Å². The quantitative estimate of drug-likeness (QED) is 0.309. The van der Waals surface area contributed by atoms with Gasteiger partial charge in [-0.3, -0.25) is 19.6 Å². The summed E-state index contributed by atoms with van der Waals surface area (Å²) in [4.78, 5) is 56.1. The van der Waals surface area contributed by atoms with E-state index in [1.807, 2.05) is 19.1 Å². The first-order valence-electron chi connectivity index (χ1n) is 16.4. The van der Waals surface area contributed by atoms with Crippen LogP contribution >= 0.6 is 0 Å². The van der Waals surface area contributed by atoms with Gasteiger partial charge in [-0.2, -0.15) is 0 Å². The summed E-state index contributed by atoms with van der Waals surface area (Å²) < 4.78 is 15.4. The van der Waals surface area contributed by atoms with Crippen LogP contribution in [0, 0.1) is 25.7 Å². The van der Waals surface area contributed by atoms with E-state index in [0.717, 1.165) is 50.9 Å². The van der Waals surface area contributed by atoms with Crippen molar-refractivity contribution in [2.75, 3.05) is 21.3 Å². The van der Waals surface area contributed by atoms with Crippen molar-refractivity contribution in [3.63, 3.8) is 0 Å². The second-order valence-corrected chi connectivity index (χ2v) is 12.7. The van der Waals surface area contributed by atoms with Gasteiger partial charge in [-0.05, 0) is 79.4 Å². The van der Waals surface area contributed by atoms with Gasteiger partial charge < -0.3 is 24.2 Å². The summed E-state index contributed by atoms with van der Waals surface area (Å²) in [6.07, 6.45) is 10.8. The lowest BCUT2D eigenvalue weighted by molar-refractivity contribution is -0.141. The fourth-order valence-electron chi connectivity index (χ4n) is 7.55. The summed E-state index contributed by atoms with van der Waals surface area (Å²) in [5.74, 6) is -1.50. The molecule has 10 nitrogen and oxygen atoms in total. The average molecular weight is 643 g/mol. The Hall–Kier alpha value is -4.47. The maximum atomic E-state index is 13.5. The molecule has 2 aromatic rings. The Bertz CT molecular complexity index is 1810. The highest BCUT2D eigenvalue weighted by Gasteiger charge is 2.43. The summed E-state index contributed by atoms with van der Waals surface area (Å²) in [6, 6.07) is -0.463. The lowest BCUT2D eigenvalue weighted by atomic mass is 9.76. The number of aliphatic imine (C=N–C) groups is 2. The van der Waals surface area contributed by atoms with E-state index in [0.29, 0.717) is 30.5 Å². The molecular weight excluding hydrogens is 596 g/mol. The van der Waals surface area contributed by atoms with Crippen molar-refractivity contribution in [1.82, 2.24) is 9.97 Å². The molecule has 0 saturated carbocycles. The van der Waals surface area contributed by atoms with Gasteiger partial charge in [-0.25, -0.2) is 4.79 Å². The lowest BCUT2D eigenvalue weighted by Gasteiger charge is -2.29. The molecule has 0 fully saturated rings. The van der Waals surface area contributed by atoms with Crippen LogP contribution in [0.1, 0.15) is 90.3 Å². The maximum Gasteiger partial charge on any atom is 0.339 e. The van der Waals surface area contributed by atoms with Crippen LogP contribution in [0.25, 0.3) is 12.2 Å². The van der Waals surface area contributed by atoms with Crippen LogP contribution in [0.5, 0.6) is 0 Å². The molecule has 0 amide bonds. The molecule has 0 spiro atoms. The Morgan fingerprint density at radius 3 is 2.30 bits per heavy atom. The average Bonchev–Trinajstić information content (AvgIpc) is 3.78. The van der Waals surface area contributed by atoms with Crippen LogP contribution in [0.3, 0.4) is 0 Å². The number of fused-ring (bicyclic) bond motifs is 6. The van der Waals surface area contributed by atoms with E-state index in [4.69, 9.17) is 24.2 Å². The van der Waals surface area contributed by atoms with Crippen molar-refractivity contribution < 1.29 is 28.6 Å². The number of aromatic amines is 2. The van der Waals surface area contributed by atoms with Crippen LogP contribution < -0.4 is 10.7 Å². The molecule has 0 saturated heterocycles. The lowest BCUT2D eigenvalue weighted by Crippen LogP contribution is -2.29. The number of hydrogen-bond donors (Lipinski definition) is 2. The number of carbonyl (C=O) groups excluding carboxylic acids is 3. The zero-order valence-corrected chi connectivity index (χ0v) is 28.5. The molecule has 3 aliphatic rings. The van der Waals surface area contributed by atoms with Crippen LogP contribution in [-0.2, 0) is 30.2 Å². The first-order valence-corrected chi connectivity index (χ1v) is 16.4. The maximum absolute atomic E-state index is 13.5. The fourth-order valence-corrected chi connectivity index (χ4v) is 7.55. The Kier molecular flexibility index (Phi) is 10.2. The monoisotopic (exact) mass is 642 g/mol. The summed E-state index contributed by atoms with van der Waals surface area (Å²) >= 11 is 0. The number of carbonyl (C=O) groups is 3. The summed E-state index contributed by atoms with van der Waals surface area (Å²) in [5.41, 5.74) is 7.77. The van der Waals surface area contributed by atoms with E-state index < -0.39 is 5.97 Å². The molecule has 3 aliphatic heterocycles. The number of rotatable bonds is 9. The zero-order chi connectivity index (χ0) is 34.0. The normalized spacial score (nSPS) is 24.6.